The van der Waals surface area contributed by atoms with Gasteiger partial charge in [0, 0.05) is 17.7 Å². The van der Waals surface area contributed by atoms with Crippen molar-refractivity contribution in [3.05, 3.63) is 65.7 Å². The number of carbonyl (C=O) groups excluding carboxylic acids is 1. The van der Waals surface area contributed by atoms with Gasteiger partial charge in [-0.25, -0.2) is 0 Å². The van der Waals surface area contributed by atoms with Crippen LogP contribution in [0.2, 0.25) is 0 Å². The van der Waals surface area contributed by atoms with Crippen LogP contribution in [-0.2, 0) is 21.4 Å². The second kappa shape index (κ2) is 8.37. The topological polar surface area (TPSA) is 55.6 Å². The summed E-state index contributed by atoms with van der Waals surface area (Å²) in [6.45, 7) is -2.06. The lowest BCUT2D eigenvalue weighted by molar-refractivity contribution is -0.152. The molecule has 4 heteroatoms. The third-order valence-electron chi connectivity index (χ3n) is 4.74. The number of nitrogen functional groups attached to an aromatic ring is 1. The second-order valence-corrected chi connectivity index (χ2v) is 6.48. The van der Waals surface area contributed by atoms with Crippen molar-refractivity contribution in [1.82, 2.24) is 4.90 Å². The maximum absolute atomic E-state index is 13.0. The van der Waals surface area contributed by atoms with Gasteiger partial charge in [0.2, 0.25) is 0 Å². The number of nitrogens with zero attached hydrogens (tertiary/aromatic N) is 1. The molecule has 0 aliphatic carbocycles. The standard InChI is InChI=1S/C22H28N2O2/c1-2-26-21(25)22(19-6-4-3-5-7-19)13-16-24(17-14-22)15-12-18-8-10-20(23)11-9-18/h3-11H,2,12-17,23H2,1H3/i16D2,17D2. The molecular formula is C22H28N2O2. The molecule has 0 bridgehead atoms. The Hall–Kier alpha value is -2.33. The van der Waals surface area contributed by atoms with Gasteiger partial charge < -0.3 is 15.4 Å². The highest BCUT2D eigenvalue weighted by molar-refractivity contribution is 5.83. The molecule has 1 aliphatic rings. The summed E-state index contributed by atoms with van der Waals surface area (Å²) < 4.78 is 40.1. The van der Waals surface area contributed by atoms with Gasteiger partial charge in [0.15, 0.2) is 0 Å². The molecule has 0 atom stereocenters. The number of ether oxygens (including phenoxy) is 1. The average molecular weight is 357 g/mol. The lowest BCUT2D eigenvalue weighted by atomic mass is 9.72. The van der Waals surface area contributed by atoms with E-state index in [0.29, 0.717) is 17.7 Å². The van der Waals surface area contributed by atoms with Gasteiger partial charge in [0.1, 0.15) is 0 Å². The van der Waals surface area contributed by atoms with E-state index in [0.717, 1.165) is 5.56 Å². The number of hydrogen-bond acceptors (Lipinski definition) is 4. The van der Waals surface area contributed by atoms with Crippen molar-refractivity contribution in [2.45, 2.75) is 31.6 Å². The molecule has 4 nitrogen and oxygen atoms in total. The fraction of sp³-hybridized carbons (Fsp3) is 0.409. The van der Waals surface area contributed by atoms with E-state index < -0.39 is 24.4 Å². The Labute approximate surface area is 161 Å². The zero-order chi connectivity index (χ0) is 22.0. The molecule has 0 unspecified atom stereocenters. The molecule has 2 aromatic rings. The summed E-state index contributed by atoms with van der Waals surface area (Å²) in [5, 5.41) is 0. The Morgan fingerprint density at radius 3 is 2.42 bits per heavy atom. The highest BCUT2D eigenvalue weighted by atomic mass is 16.5. The van der Waals surface area contributed by atoms with Crippen LogP contribution in [0.4, 0.5) is 5.69 Å². The molecule has 1 aliphatic heterocycles. The summed E-state index contributed by atoms with van der Waals surface area (Å²) >= 11 is 0. The number of piperidine rings is 1. The van der Waals surface area contributed by atoms with Crippen LogP contribution in [0.15, 0.2) is 54.6 Å². The number of anilines is 1. The van der Waals surface area contributed by atoms with Gasteiger partial charge in [-0.1, -0.05) is 42.5 Å². The van der Waals surface area contributed by atoms with Crippen molar-refractivity contribution in [3.8, 4) is 0 Å². The maximum Gasteiger partial charge on any atom is 0.316 e. The Morgan fingerprint density at radius 1 is 1.15 bits per heavy atom. The lowest BCUT2D eigenvalue weighted by Gasteiger charge is -2.40. The minimum Gasteiger partial charge on any atom is -0.465 e. The average Bonchev–Trinajstić information content (AvgIpc) is 2.68. The van der Waals surface area contributed by atoms with E-state index in [2.05, 4.69) is 0 Å². The SMILES string of the molecule is [2H]C1([2H])CC(C(=O)OCC)(c2ccccc2)CC([2H])([2H])N1CCc1ccc(N)cc1. The molecule has 2 N–H and O–H groups in total. The molecule has 2 aromatic carbocycles. The summed E-state index contributed by atoms with van der Waals surface area (Å²) in [5.74, 6) is -0.581. The van der Waals surface area contributed by atoms with Crippen LogP contribution in [0.5, 0.6) is 0 Å². The van der Waals surface area contributed by atoms with Crippen LogP contribution < -0.4 is 5.73 Å². The van der Waals surface area contributed by atoms with E-state index in [1.807, 2.05) is 18.2 Å². The highest BCUT2D eigenvalue weighted by Gasteiger charge is 2.43. The molecule has 1 fully saturated rings. The van der Waals surface area contributed by atoms with Crippen LogP contribution in [-0.4, -0.2) is 37.0 Å². The fourth-order valence-electron chi connectivity index (χ4n) is 3.16. The van der Waals surface area contributed by atoms with E-state index in [1.54, 1.807) is 43.3 Å². The van der Waals surface area contributed by atoms with E-state index in [9.17, 15) is 4.79 Å². The molecule has 26 heavy (non-hydrogen) atoms. The molecule has 1 heterocycles. The number of esters is 1. The molecule has 0 saturated carbocycles. The zero-order valence-corrected chi connectivity index (χ0v) is 15.1. The van der Waals surface area contributed by atoms with Gasteiger partial charge in [-0.05, 0) is 62.4 Å². The first-order valence-corrected chi connectivity index (χ1v) is 8.96. The van der Waals surface area contributed by atoms with Crippen LogP contribution in [0, 0.1) is 0 Å². The Balaban J connectivity index is 1.92. The number of benzene rings is 2. The second-order valence-electron chi connectivity index (χ2n) is 6.48. The van der Waals surface area contributed by atoms with Gasteiger partial charge in [-0.3, -0.25) is 4.79 Å². The third kappa shape index (κ3) is 4.07. The van der Waals surface area contributed by atoms with Crippen LogP contribution in [0.25, 0.3) is 0 Å². The molecule has 1 saturated heterocycles. The largest absolute Gasteiger partial charge is 0.465 e. The van der Waals surface area contributed by atoms with E-state index in [-0.39, 0.29) is 26.0 Å². The van der Waals surface area contributed by atoms with E-state index in [1.165, 1.54) is 4.90 Å². The summed E-state index contributed by atoms with van der Waals surface area (Å²) in [7, 11) is 0. The van der Waals surface area contributed by atoms with Crippen molar-refractivity contribution in [3.63, 3.8) is 0 Å². The van der Waals surface area contributed by atoms with Crippen LogP contribution in [0.3, 0.4) is 0 Å². The molecular weight excluding hydrogens is 324 g/mol. The Morgan fingerprint density at radius 2 is 1.81 bits per heavy atom. The van der Waals surface area contributed by atoms with Gasteiger partial charge in [-0.15, -0.1) is 0 Å². The first-order chi connectivity index (χ1) is 14.1. The predicted octanol–water partition coefficient (Wildman–Crippen LogP) is 3.41. The smallest absolute Gasteiger partial charge is 0.316 e. The number of carbonyl (C=O) groups is 1. The quantitative estimate of drug-likeness (QED) is 0.637. The molecule has 0 spiro atoms. The van der Waals surface area contributed by atoms with E-state index >= 15 is 0 Å². The summed E-state index contributed by atoms with van der Waals surface area (Å²) in [4.78, 5) is 14.3. The van der Waals surface area contributed by atoms with E-state index in [4.69, 9.17) is 16.0 Å². The third-order valence-corrected chi connectivity index (χ3v) is 4.74. The van der Waals surface area contributed by atoms with Gasteiger partial charge in [0.25, 0.3) is 0 Å². The fourth-order valence-corrected chi connectivity index (χ4v) is 3.16. The Bertz CT molecular complexity index is 854. The molecule has 0 aromatic heterocycles. The number of likely N-dealkylation sites (tertiary alicyclic amines) is 1. The van der Waals surface area contributed by atoms with Gasteiger partial charge in [0.05, 0.1) is 12.0 Å². The minimum absolute atomic E-state index is 0.153. The molecule has 3 rings (SSSR count). The summed E-state index contributed by atoms with van der Waals surface area (Å²) in [6.07, 6.45) is 0.116. The predicted molar refractivity (Wildman–Crippen MR) is 105 cm³/mol. The van der Waals surface area contributed by atoms with Crippen molar-refractivity contribution in [2.24, 2.45) is 0 Å². The summed E-state index contributed by atoms with van der Waals surface area (Å²) in [5.41, 5.74) is 6.50. The van der Waals surface area contributed by atoms with Gasteiger partial charge >= 0.3 is 5.97 Å². The van der Waals surface area contributed by atoms with Gasteiger partial charge in [-0.2, -0.15) is 0 Å². The molecule has 138 valence electrons. The van der Waals surface area contributed by atoms with Crippen molar-refractivity contribution >= 4 is 11.7 Å². The highest BCUT2D eigenvalue weighted by Crippen LogP contribution is 2.37. The van der Waals surface area contributed by atoms with Crippen molar-refractivity contribution < 1.29 is 15.0 Å². The van der Waals surface area contributed by atoms with Crippen molar-refractivity contribution in [1.29, 1.82) is 0 Å². The number of rotatable bonds is 6. The molecule has 0 amide bonds. The molecule has 0 radical (unpaired) electrons. The van der Waals surface area contributed by atoms with Crippen LogP contribution >= 0.6 is 0 Å². The summed E-state index contributed by atoms with van der Waals surface area (Å²) in [6, 6.07) is 16.1. The maximum atomic E-state index is 13.0. The number of hydrogen-bond donors (Lipinski definition) is 1. The van der Waals surface area contributed by atoms with Crippen molar-refractivity contribution in [2.75, 3.05) is 31.9 Å². The Kier molecular flexibility index (Phi) is 4.45. The number of nitrogens with two attached hydrogens (primary N) is 1. The zero-order valence-electron chi connectivity index (χ0n) is 19.1. The first-order valence-electron chi connectivity index (χ1n) is 11.0. The lowest BCUT2D eigenvalue weighted by Crippen LogP contribution is -2.48. The van der Waals surface area contributed by atoms with Crippen LogP contribution in [0.1, 0.15) is 36.4 Å². The first kappa shape index (κ1) is 13.8. The normalized spacial score (nSPS) is 23.1. The minimum atomic E-state index is -2.04. The monoisotopic (exact) mass is 356 g/mol.